The third-order valence-corrected chi connectivity index (χ3v) is 79.3. The summed E-state index contributed by atoms with van der Waals surface area (Å²) in [4.78, 5) is 9.45. The van der Waals surface area contributed by atoms with Crippen LogP contribution in [0, 0.1) is 13.8 Å². The van der Waals surface area contributed by atoms with Crippen molar-refractivity contribution in [2.45, 2.75) is 124 Å². The number of hydrogen-bond acceptors (Lipinski definition) is 0. The fourth-order valence-electron chi connectivity index (χ4n) is 22.5. The second-order valence-corrected chi connectivity index (χ2v) is 50.7. The Hall–Kier alpha value is 0.249. The molecule has 0 N–H and O–H groups in total. The summed E-state index contributed by atoms with van der Waals surface area (Å²) in [7, 11) is 2.16. The SMILES string of the molecule is Cc1ccccc1P(c1ccccc1C)C(C)[C]12[C]3(PC(C)(C)C)[CH]4[CH]5[C@@]1(PC(C)(C)C)[Fe]45321678[CH]2[CH]1[CH]6[CH]7[CH]28. The van der Waals surface area contributed by atoms with Crippen LogP contribution in [0.3, 0.4) is 0 Å². The summed E-state index contributed by atoms with van der Waals surface area (Å²) in [6.45, 7) is 19.8. The van der Waals surface area contributed by atoms with Gasteiger partial charge in [0.1, 0.15) is 0 Å². The topological polar surface area (TPSA) is 0 Å². The molecule has 8 atom stereocenters. The van der Waals surface area contributed by atoms with E-state index in [0.29, 0.717) is 10.3 Å². The molecule has 0 saturated carbocycles. The van der Waals surface area contributed by atoms with Crippen molar-refractivity contribution in [2.75, 3.05) is 0 Å². The Kier molecular flexibility index (Phi) is 1.83. The molecule has 4 heteroatoms. The van der Waals surface area contributed by atoms with Gasteiger partial charge in [-0.25, -0.2) is 0 Å². The Morgan fingerprint density at radius 3 is 1.37 bits per heavy atom. The molecular weight excluding hydrogens is 557 g/mol. The Balaban J connectivity index is 1.19. The van der Waals surface area contributed by atoms with Crippen LogP contribution in [0.5, 0.6) is 0 Å². The number of hydrogen-bond donors (Lipinski definition) is 0. The summed E-state index contributed by atoms with van der Waals surface area (Å²) in [5.74, 6) is 0. The van der Waals surface area contributed by atoms with Crippen molar-refractivity contribution in [1.82, 2.24) is 0 Å². The average molecular weight is 603 g/mol. The van der Waals surface area contributed by atoms with Crippen LogP contribution < -0.4 is 10.6 Å². The van der Waals surface area contributed by atoms with E-state index in [4.69, 9.17) is 0 Å². The summed E-state index contributed by atoms with van der Waals surface area (Å²) in [6, 6.07) is 19.3. The third kappa shape index (κ3) is 0.524. The average Bonchev–Trinajstić information content (AvgIpc) is 3.76. The molecule has 2 aromatic carbocycles. The summed E-state index contributed by atoms with van der Waals surface area (Å²) in [5, 5.41) is 4.46. The van der Waals surface area contributed by atoms with Gasteiger partial charge in [-0.3, -0.25) is 0 Å². The van der Waals surface area contributed by atoms with Gasteiger partial charge in [0.2, 0.25) is 0 Å². The summed E-state index contributed by atoms with van der Waals surface area (Å²) in [5.41, 5.74) is 3.99. The molecule has 0 aromatic heterocycles. The van der Waals surface area contributed by atoms with Crippen molar-refractivity contribution in [3.63, 3.8) is 0 Å². The first-order valence-electron chi connectivity index (χ1n) is 15.3. The van der Waals surface area contributed by atoms with Gasteiger partial charge >= 0.3 is 226 Å². The van der Waals surface area contributed by atoms with Crippen molar-refractivity contribution in [1.29, 1.82) is 0 Å². The molecule has 10 aliphatic rings. The van der Waals surface area contributed by atoms with Crippen LogP contribution in [0.1, 0.15) is 59.6 Å². The van der Waals surface area contributed by atoms with E-state index in [1.807, 2.05) is 0 Å². The van der Waals surface area contributed by atoms with Gasteiger partial charge in [0.25, 0.3) is 0 Å². The molecule has 0 amide bonds. The first-order valence-corrected chi connectivity index (χ1v) is 24.8. The minimum atomic E-state index is -3.80. The molecule has 38 heavy (non-hydrogen) atoms. The Labute approximate surface area is 225 Å². The molecule has 10 saturated heterocycles. The van der Waals surface area contributed by atoms with Crippen LogP contribution in [0.2, 0.25) is 38.0 Å². The van der Waals surface area contributed by atoms with E-state index in [1.54, 1.807) is 21.7 Å². The second-order valence-electron chi connectivity index (χ2n) is 19.2. The van der Waals surface area contributed by atoms with E-state index in [2.05, 4.69) is 111 Å². The van der Waals surface area contributed by atoms with E-state index < -0.39 is 6.51 Å². The van der Waals surface area contributed by atoms with Gasteiger partial charge in [-0.05, 0) is 0 Å². The van der Waals surface area contributed by atoms with E-state index in [1.165, 1.54) is 50.9 Å². The Morgan fingerprint density at radius 1 is 0.684 bits per heavy atom. The molecule has 0 bridgehead atoms. The summed E-state index contributed by atoms with van der Waals surface area (Å²) >= 11 is 0. The van der Waals surface area contributed by atoms with Crippen LogP contribution in [0.25, 0.3) is 0 Å². The first-order chi connectivity index (χ1) is 17.6. The molecule has 10 aliphatic heterocycles. The minimum absolute atomic E-state index is 0.363. The van der Waals surface area contributed by atoms with Gasteiger partial charge in [-0.1, -0.05) is 0 Å². The van der Waals surface area contributed by atoms with E-state index in [9.17, 15) is 0 Å². The molecule has 2 aromatic rings. The molecule has 0 nitrogen and oxygen atoms in total. The molecule has 0 aliphatic carbocycles. The molecule has 204 valence electrons. The molecule has 7 unspecified atom stereocenters. The molecule has 10 fully saturated rings. The van der Waals surface area contributed by atoms with Crippen molar-refractivity contribution < 1.29 is 6.51 Å². The third-order valence-electron chi connectivity index (χ3n) is 20.0. The quantitative estimate of drug-likeness (QED) is 0.228. The fraction of sp³-hybridized carbons (Fsp3) is 0.647. The van der Waals surface area contributed by atoms with Crippen molar-refractivity contribution in [3.05, 3.63) is 59.7 Å². The molecule has 10 heterocycles. The van der Waals surface area contributed by atoms with Crippen molar-refractivity contribution >= 4 is 35.7 Å². The van der Waals surface area contributed by atoms with Crippen molar-refractivity contribution in [2.24, 2.45) is 0 Å². The van der Waals surface area contributed by atoms with Gasteiger partial charge in [0.15, 0.2) is 0 Å². The zero-order chi connectivity index (χ0) is 26.4. The van der Waals surface area contributed by atoms with Gasteiger partial charge in [-0.2, -0.15) is 0 Å². The van der Waals surface area contributed by atoms with E-state index >= 15 is 0 Å². The standard InChI is InChI=1S/C29H40P3.C5H5.Fe/c1-20-14-10-12-16-25(20)32(26-17-13-11-15-21(26)2)22(3)27-23(30-28(4,5)6)18-19-24(27)31-29(7,8)9;1-2-4-5-3-1;/h10-19,22,30-31H,1-9H3;1-5H;. The summed E-state index contributed by atoms with van der Waals surface area (Å²) in [6.07, 6.45) is 0. The predicted octanol–water partition coefficient (Wildman–Crippen LogP) is 9.65. The maximum absolute atomic E-state index is 3.80. The number of rotatable bonds is 6. The van der Waals surface area contributed by atoms with Crippen molar-refractivity contribution in [3.8, 4) is 0 Å². The molecule has 1 spiro atoms. The van der Waals surface area contributed by atoms with Gasteiger partial charge < -0.3 is 0 Å². The monoisotopic (exact) mass is 602 g/mol. The van der Waals surface area contributed by atoms with E-state index in [-0.39, 0.29) is 7.92 Å². The second kappa shape index (κ2) is 3.17. The van der Waals surface area contributed by atoms with Gasteiger partial charge in [0.05, 0.1) is 0 Å². The zero-order valence-electron chi connectivity index (χ0n) is 24.5. The van der Waals surface area contributed by atoms with Gasteiger partial charge in [-0.15, -0.1) is 0 Å². The number of aryl methyl sites for hydroxylation is 2. The first kappa shape index (κ1) is 21.9. The van der Waals surface area contributed by atoms with Crippen LogP contribution in [-0.2, 0) is 6.51 Å². The predicted molar refractivity (Wildman–Crippen MR) is 169 cm³/mol. The molecular formula is C34H45FeP3. The molecule has 12 rings (SSSR count). The molecule has 0 radical (unpaired) electrons. The Bertz CT molecular complexity index is 1850. The fourth-order valence-corrected chi connectivity index (χ4v) is 133. The van der Waals surface area contributed by atoms with Crippen LogP contribution in [0.15, 0.2) is 48.5 Å². The normalized spacial score (nSPS) is 66.3. The Morgan fingerprint density at radius 2 is 1.05 bits per heavy atom. The number of fused-ring (bicyclic) bond motifs is 10. The van der Waals surface area contributed by atoms with Crippen LogP contribution in [0.4, 0.5) is 0 Å². The zero-order valence-corrected chi connectivity index (χ0v) is 28.5. The van der Waals surface area contributed by atoms with Crippen LogP contribution in [-0.4, -0.2) is 24.1 Å². The number of benzene rings is 2. The summed E-state index contributed by atoms with van der Waals surface area (Å²) < 4.78 is 2.64. The van der Waals surface area contributed by atoms with Crippen LogP contribution >= 0.6 is 25.1 Å². The van der Waals surface area contributed by atoms with E-state index in [0.717, 1.165) is 18.1 Å². The maximum atomic E-state index is 2.90. The van der Waals surface area contributed by atoms with Gasteiger partial charge in [0, 0.05) is 0 Å².